The number of nitrogens with zero attached hydrogens (tertiary/aromatic N) is 5. The fourth-order valence-electron chi connectivity index (χ4n) is 5.03. The molecule has 3 fully saturated rings. The molecule has 5 heterocycles. The van der Waals surface area contributed by atoms with Crippen LogP contribution in [0.1, 0.15) is 29.9 Å². The first-order chi connectivity index (χ1) is 13.6. The van der Waals surface area contributed by atoms with Crippen molar-refractivity contribution in [2.75, 3.05) is 36.0 Å². The van der Waals surface area contributed by atoms with Crippen molar-refractivity contribution in [3.05, 3.63) is 47.4 Å². The third kappa shape index (κ3) is 3.05. The van der Waals surface area contributed by atoms with Gasteiger partial charge in [0.2, 0.25) is 5.91 Å². The maximum atomic E-state index is 13.1. The summed E-state index contributed by atoms with van der Waals surface area (Å²) in [7, 11) is 0. The molecule has 1 aromatic heterocycles. The van der Waals surface area contributed by atoms with Crippen LogP contribution in [0.4, 0.5) is 11.5 Å². The molecule has 0 N–H and O–H groups in total. The lowest BCUT2D eigenvalue weighted by Gasteiger charge is -2.56. The number of piperazine rings is 1. The number of carbonyl (C=O) groups excluding carboxylic acids is 1. The predicted octanol–water partition coefficient (Wildman–Crippen LogP) is 2.34. The molecule has 2 unspecified atom stereocenters. The Balaban J connectivity index is 1.26. The van der Waals surface area contributed by atoms with Gasteiger partial charge in [0.25, 0.3) is 0 Å². The number of para-hydroxylation sites is 1. The minimum atomic E-state index is 0.240. The molecular formula is C22H27N5O. The van der Waals surface area contributed by atoms with E-state index in [0.717, 1.165) is 55.5 Å². The molecular weight excluding hydrogens is 350 g/mol. The van der Waals surface area contributed by atoms with Crippen LogP contribution in [0.5, 0.6) is 0 Å². The zero-order valence-electron chi connectivity index (χ0n) is 16.6. The van der Waals surface area contributed by atoms with Gasteiger partial charge in [0.15, 0.2) is 0 Å². The predicted molar refractivity (Wildman–Crippen MR) is 110 cm³/mol. The summed E-state index contributed by atoms with van der Waals surface area (Å²) in [5.74, 6) is 2.09. The largest absolute Gasteiger partial charge is 0.353 e. The monoisotopic (exact) mass is 377 g/mol. The molecule has 0 spiro atoms. The molecule has 2 atom stereocenters. The van der Waals surface area contributed by atoms with E-state index in [0.29, 0.717) is 18.6 Å². The summed E-state index contributed by atoms with van der Waals surface area (Å²) < 4.78 is 0. The molecule has 3 saturated heterocycles. The number of amides is 1. The number of rotatable bonds is 3. The first-order valence-corrected chi connectivity index (χ1v) is 10.3. The summed E-state index contributed by atoms with van der Waals surface area (Å²) in [5.41, 5.74) is 3.42. The second kappa shape index (κ2) is 6.85. The zero-order chi connectivity index (χ0) is 19.3. The average molecular weight is 377 g/mol. The molecule has 2 aromatic rings. The highest BCUT2D eigenvalue weighted by molar-refractivity contribution is 5.96. The molecule has 6 heteroatoms. The molecule has 2 bridgehead atoms. The van der Waals surface area contributed by atoms with Crippen molar-refractivity contribution >= 4 is 17.4 Å². The van der Waals surface area contributed by atoms with Crippen molar-refractivity contribution in [1.29, 1.82) is 0 Å². The maximum Gasteiger partial charge on any atom is 0.241 e. The van der Waals surface area contributed by atoms with E-state index in [1.54, 1.807) is 0 Å². The van der Waals surface area contributed by atoms with Crippen molar-refractivity contribution in [3.63, 3.8) is 0 Å². The Morgan fingerprint density at radius 3 is 2.71 bits per heavy atom. The van der Waals surface area contributed by atoms with Crippen LogP contribution >= 0.6 is 0 Å². The summed E-state index contributed by atoms with van der Waals surface area (Å²) >= 11 is 0. The Morgan fingerprint density at radius 1 is 1.14 bits per heavy atom. The van der Waals surface area contributed by atoms with Crippen LogP contribution in [-0.4, -0.2) is 59.0 Å². The zero-order valence-corrected chi connectivity index (χ0v) is 16.6. The molecule has 4 aliphatic rings. The van der Waals surface area contributed by atoms with Crippen molar-refractivity contribution < 1.29 is 4.79 Å². The lowest BCUT2D eigenvalue weighted by atomic mass is 9.87. The van der Waals surface area contributed by atoms with Crippen LogP contribution in [0.3, 0.4) is 0 Å². The summed E-state index contributed by atoms with van der Waals surface area (Å²) in [4.78, 5) is 28.9. The molecule has 0 radical (unpaired) electrons. The molecule has 4 aliphatic heterocycles. The minimum Gasteiger partial charge on any atom is -0.353 e. The van der Waals surface area contributed by atoms with Crippen LogP contribution in [0, 0.1) is 13.8 Å². The molecule has 6 rings (SSSR count). The maximum absolute atomic E-state index is 13.1. The number of anilines is 2. The Hall–Kier alpha value is -2.47. The van der Waals surface area contributed by atoms with E-state index in [2.05, 4.69) is 44.0 Å². The average Bonchev–Trinajstić information content (AvgIpc) is 2.70. The number of piperidine rings is 1. The number of hydrogen-bond acceptors (Lipinski definition) is 5. The standard InChI is InChI=1S/C22H27N5O/c1-15-10-21(24-16(2)23-15)25-12-18-11-19(13-25)27(18)14-22(28)26-9-5-7-17-6-3-4-8-20(17)26/h3-4,6,8,10,18-19H,5,7,9,11-14H2,1-2H3. The van der Waals surface area contributed by atoms with E-state index >= 15 is 0 Å². The van der Waals surface area contributed by atoms with Crippen LogP contribution in [0.15, 0.2) is 30.3 Å². The van der Waals surface area contributed by atoms with Gasteiger partial charge >= 0.3 is 0 Å². The van der Waals surface area contributed by atoms with E-state index in [-0.39, 0.29) is 5.91 Å². The fourth-order valence-corrected chi connectivity index (χ4v) is 5.03. The second-order valence-corrected chi connectivity index (χ2v) is 8.31. The van der Waals surface area contributed by atoms with E-state index < -0.39 is 0 Å². The topological polar surface area (TPSA) is 52.6 Å². The van der Waals surface area contributed by atoms with Crippen molar-refractivity contribution in [1.82, 2.24) is 14.9 Å². The van der Waals surface area contributed by atoms with Crippen molar-refractivity contribution in [3.8, 4) is 0 Å². The molecule has 6 nitrogen and oxygen atoms in total. The highest BCUT2D eigenvalue weighted by Gasteiger charge is 2.46. The van der Waals surface area contributed by atoms with E-state index in [9.17, 15) is 4.79 Å². The number of fused-ring (bicyclic) bond motifs is 3. The number of benzene rings is 1. The third-order valence-electron chi connectivity index (χ3n) is 6.35. The van der Waals surface area contributed by atoms with E-state index in [4.69, 9.17) is 0 Å². The van der Waals surface area contributed by atoms with Gasteiger partial charge < -0.3 is 9.80 Å². The van der Waals surface area contributed by atoms with Gasteiger partial charge in [-0.05, 0) is 44.7 Å². The normalized spacial score (nSPS) is 23.9. The van der Waals surface area contributed by atoms with Crippen LogP contribution in [-0.2, 0) is 11.2 Å². The number of aromatic nitrogens is 2. The molecule has 0 saturated carbocycles. The van der Waals surface area contributed by atoms with E-state index in [1.807, 2.05) is 24.8 Å². The minimum absolute atomic E-state index is 0.240. The number of hydrogen-bond donors (Lipinski definition) is 0. The molecule has 0 aliphatic carbocycles. The fraction of sp³-hybridized carbons (Fsp3) is 0.500. The SMILES string of the molecule is Cc1cc(N2CC3CC(C2)N3CC(=O)N2CCCc3ccccc32)nc(C)n1. The lowest BCUT2D eigenvalue weighted by molar-refractivity contribution is -0.124. The van der Waals surface area contributed by atoms with Gasteiger partial charge in [0.1, 0.15) is 11.6 Å². The Labute approximate surface area is 166 Å². The highest BCUT2D eigenvalue weighted by atomic mass is 16.2. The third-order valence-corrected chi connectivity index (χ3v) is 6.35. The highest BCUT2D eigenvalue weighted by Crippen LogP contribution is 2.35. The summed E-state index contributed by atoms with van der Waals surface area (Å²) in [5, 5.41) is 0. The molecule has 1 amide bonds. The summed E-state index contributed by atoms with van der Waals surface area (Å²) in [6.45, 7) is 7.21. The van der Waals surface area contributed by atoms with Crippen LogP contribution < -0.4 is 9.80 Å². The Morgan fingerprint density at radius 2 is 1.93 bits per heavy atom. The lowest BCUT2D eigenvalue weighted by Crippen LogP contribution is -2.70. The van der Waals surface area contributed by atoms with Crippen molar-refractivity contribution in [2.24, 2.45) is 0 Å². The van der Waals surface area contributed by atoms with Gasteiger partial charge in [-0.2, -0.15) is 0 Å². The first kappa shape index (κ1) is 17.6. The smallest absolute Gasteiger partial charge is 0.241 e. The summed E-state index contributed by atoms with van der Waals surface area (Å²) in [6, 6.07) is 11.3. The Bertz CT molecular complexity index is 881. The van der Waals surface area contributed by atoms with Gasteiger partial charge in [-0.25, -0.2) is 9.97 Å². The van der Waals surface area contributed by atoms with E-state index in [1.165, 1.54) is 12.0 Å². The second-order valence-electron chi connectivity index (χ2n) is 8.31. The van der Waals surface area contributed by atoms with Crippen molar-refractivity contribution in [2.45, 2.75) is 45.2 Å². The van der Waals surface area contributed by atoms with Crippen LogP contribution in [0.2, 0.25) is 0 Å². The molecule has 28 heavy (non-hydrogen) atoms. The van der Waals surface area contributed by atoms with Gasteiger partial charge in [0, 0.05) is 49.2 Å². The number of aryl methyl sites for hydroxylation is 3. The Kier molecular flexibility index (Phi) is 4.31. The van der Waals surface area contributed by atoms with Gasteiger partial charge in [-0.3, -0.25) is 9.69 Å². The molecule has 1 aromatic carbocycles. The summed E-state index contributed by atoms with van der Waals surface area (Å²) in [6.07, 6.45) is 3.31. The van der Waals surface area contributed by atoms with Gasteiger partial charge in [-0.1, -0.05) is 18.2 Å². The van der Waals surface area contributed by atoms with Gasteiger partial charge in [-0.15, -0.1) is 0 Å². The molecule has 146 valence electrons. The quantitative estimate of drug-likeness (QED) is 0.822. The van der Waals surface area contributed by atoms with Gasteiger partial charge in [0.05, 0.1) is 6.54 Å². The van der Waals surface area contributed by atoms with Crippen LogP contribution in [0.25, 0.3) is 0 Å². The first-order valence-electron chi connectivity index (χ1n) is 10.3. The number of carbonyl (C=O) groups is 1.